The number of amides is 1. The molecular weight excluding hydrogens is 352 g/mol. The summed E-state index contributed by atoms with van der Waals surface area (Å²) in [6.07, 6.45) is 3.02. The molecule has 1 amide bonds. The van der Waals surface area contributed by atoms with Gasteiger partial charge in [-0.15, -0.1) is 0 Å². The number of H-pyrrole nitrogens is 2. The fourth-order valence-corrected chi connectivity index (χ4v) is 2.82. The van der Waals surface area contributed by atoms with Crippen molar-refractivity contribution in [3.05, 3.63) is 28.4 Å². The Bertz CT molecular complexity index is 864. The molecule has 2 heterocycles. The quantitative estimate of drug-likeness (QED) is 0.746. The van der Waals surface area contributed by atoms with Crippen LogP contribution in [-0.4, -0.2) is 50.7 Å². The van der Waals surface area contributed by atoms with Crippen LogP contribution in [0.25, 0.3) is 11.0 Å². The Morgan fingerprint density at radius 1 is 1.30 bits per heavy atom. The average Bonchev–Trinajstić information content (AvgIpc) is 2.97. The number of esters is 1. The molecule has 0 spiro atoms. The summed E-state index contributed by atoms with van der Waals surface area (Å²) in [7, 11) is 0. The van der Waals surface area contributed by atoms with Gasteiger partial charge in [-0.3, -0.25) is 14.5 Å². The molecule has 0 saturated carbocycles. The zero-order valence-corrected chi connectivity index (χ0v) is 16.3. The van der Waals surface area contributed by atoms with Crippen LogP contribution in [0.15, 0.2) is 17.3 Å². The Kier molecular flexibility index (Phi) is 6.24. The summed E-state index contributed by atoms with van der Waals surface area (Å²) in [5.41, 5.74) is 0.573. The number of carbonyl (C=O) groups excluding carboxylic acids is 2. The molecule has 0 radical (unpaired) electrons. The van der Waals surface area contributed by atoms with Gasteiger partial charge >= 0.3 is 12.1 Å². The summed E-state index contributed by atoms with van der Waals surface area (Å²) in [4.78, 5) is 47.0. The van der Waals surface area contributed by atoms with Crippen molar-refractivity contribution in [2.24, 2.45) is 0 Å². The molecule has 1 atom stereocenters. The van der Waals surface area contributed by atoms with Gasteiger partial charge in [0.05, 0.1) is 18.9 Å². The fourth-order valence-electron chi connectivity index (χ4n) is 2.82. The highest BCUT2D eigenvalue weighted by Crippen LogP contribution is 2.29. The molecule has 0 bridgehead atoms. The Balaban J connectivity index is 2.39. The molecule has 27 heavy (non-hydrogen) atoms. The standard InChI is InChI=1S/C18H26N4O5/c1-6-13(12-9-19-15-14(12)20-10-21-16(15)24)22(7-8-26-11(2)23)17(25)27-18(3,4)5/h9-10,13,19H,6-8H2,1-5H3,(H,20,21,24)/t13-/m1/s1. The molecule has 2 aromatic heterocycles. The molecule has 9 heteroatoms. The Morgan fingerprint density at radius 2 is 2.00 bits per heavy atom. The van der Waals surface area contributed by atoms with Crippen LogP contribution in [0.3, 0.4) is 0 Å². The second kappa shape index (κ2) is 8.24. The number of rotatable bonds is 6. The third-order valence-corrected chi connectivity index (χ3v) is 3.89. The number of aromatic amines is 2. The minimum Gasteiger partial charge on any atom is -0.464 e. The second-order valence-electron chi connectivity index (χ2n) is 7.14. The van der Waals surface area contributed by atoms with Crippen molar-refractivity contribution in [3.63, 3.8) is 0 Å². The first-order valence-electron chi connectivity index (χ1n) is 8.81. The first-order chi connectivity index (χ1) is 12.6. The summed E-state index contributed by atoms with van der Waals surface area (Å²) in [6.45, 7) is 8.77. The van der Waals surface area contributed by atoms with Gasteiger partial charge < -0.3 is 19.4 Å². The van der Waals surface area contributed by atoms with Gasteiger partial charge in [-0.1, -0.05) is 6.92 Å². The lowest BCUT2D eigenvalue weighted by Gasteiger charge is -2.32. The van der Waals surface area contributed by atoms with Gasteiger partial charge in [0.15, 0.2) is 0 Å². The van der Waals surface area contributed by atoms with Gasteiger partial charge in [-0.05, 0) is 27.2 Å². The van der Waals surface area contributed by atoms with Crippen molar-refractivity contribution in [2.75, 3.05) is 13.2 Å². The fraction of sp³-hybridized carbons (Fsp3) is 0.556. The van der Waals surface area contributed by atoms with E-state index in [1.165, 1.54) is 18.2 Å². The van der Waals surface area contributed by atoms with Crippen LogP contribution in [0, 0.1) is 0 Å². The third kappa shape index (κ3) is 5.08. The maximum atomic E-state index is 12.8. The lowest BCUT2D eigenvalue weighted by atomic mass is 10.1. The predicted octanol–water partition coefficient (Wildman–Crippen LogP) is 2.50. The first kappa shape index (κ1) is 20.5. The van der Waals surface area contributed by atoms with Crippen LogP contribution in [0.4, 0.5) is 4.79 Å². The number of hydrogen-bond acceptors (Lipinski definition) is 6. The van der Waals surface area contributed by atoms with E-state index in [1.54, 1.807) is 27.0 Å². The van der Waals surface area contributed by atoms with E-state index < -0.39 is 23.7 Å². The number of nitrogens with zero attached hydrogens (tertiary/aromatic N) is 2. The molecule has 0 saturated heterocycles. The summed E-state index contributed by atoms with van der Waals surface area (Å²) in [5.74, 6) is -0.424. The minimum atomic E-state index is -0.676. The van der Waals surface area contributed by atoms with Gasteiger partial charge in [-0.25, -0.2) is 9.78 Å². The normalized spacial score (nSPS) is 12.6. The van der Waals surface area contributed by atoms with Crippen LogP contribution in [-0.2, 0) is 14.3 Å². The number of ether oxygens (including phenoxy) is 2. The van der Waals surface area contributed by atoms with Crippen LogP contribution >= 0.6 is 0 Å². The van der Waals surface area contributed by atoms with E-state index in [9.17, 15) is 14.4 Å². The van der Waals surface area contributed by atoms with Crippen molar-refractivity contribution >= 4 is 23.1 Å². The molecule has 2 aromatic rings. The van der Waals surface area contributed by atoms with Crippen molar-refractivity contribution in [1.82, 2.24) is 19.9 Å². The van der Waals surface area contributed by atoms with Gasteiger partial charge in [0.2, 0.25) is 0 Å². The van der Waals surface area contributed by atoms with Gasteiger partial charge in [0, 0.05) is 18.7 Å². The highest BCUT2D eigenvalue weighted by Gasteiger charge is 2.30. The van der Waals surface area contributed by atoms with Crippen LogP contribution in [0.5, 0.6) is 0 Å². The SMILES string of the molecule is CC[C@H](c1c[nH]c2c(=O)[nH]cnc12)N(CCOC(C)=O)C(=O)OC(C)(C)C. The second-order valence-corrected chi connectivity index (χ2v) is 7.14. The zero-order chi connectivity index (χ0) is 20.2. The number of aromatic nitrogens is 3. The first-order valence-corrected chi connectivity index (χ1v) is 8.81. The molecule has 0 unspecified atom stereocenters. The molecule has 2 rings (SSSR count). The van der Waals surface area contributed by atoms with E-state index in [0.29, 0.717) is 23.0 Å². The van der Waals surface area contributed by atoms with Gasteiger partial charge in [0.1, 0.15) is 23.2 Å². The highest BCUT2D eigenvalue weighted by atomic mass is 16.6. The molecule has 0 aliphatic carbocycles. The van der Waals surface area contributed by atoms with Gasteiger partial charge in [0.25, 0.3) is 5.56 Å². The Morgan fingerprint density at radius 3 is 2.59 bits per heavy atom. The summed E-state index contributed by atoms with van der Waals surface area (Å²) in [5, 5.41) is 0. The number of nitrogens with one attached hydrogen (secondary N) is 2. The maximum absolute atomic E-state index is 12.8. The van der Waals surface area contributed by atoms with E-state index in [4.69, 9.17) is 9.47 Å². The summed E-state index contributed by atoms with van der Waals surface area (Å²) >= 11 is 0. The van der Waals surface area contributed by atoms with Crippen LogP contribution in [0.1, 0.15) is 52.6 Å². The minimum absolute atomic E-state index is 0.0431. The largest absolute Gasteiger partial charge is 0.464 e. The van der Waals surface area contributed by atoms with Crippen molar-refractivity contribution in [1.29, 1.82) is 0 Å². The molecular formula is C18H26N4O5. The molecule has 0 aromatic carbocycles. The van der Waals surface area contributed by atoms with Gasteiger partial charge in [-0.2, -0.15) is 0 Å². The van der Waals surface area contributed by atoms with Crippen LogP contribution < -0.4 is 5.56 Å². The molecule has 0 aliphatic heterocycles. The smallest absolute Gasteiger partial charge is 0.410 e. The molecule has 9 nitrogen and oxygen atoms in total. The van der Waals surface area contributed by atoms with Crippen LogP contribution in [0.2, 0.25) is 0 Å². The molecule has 0 aliphatic rings. The Labute approximate surface area is 157 Å². The average molecular weight is 378 g/mol. The van der Waals surface area contributed by atoms with E-state index in [2.05, 4.69) is 15.0 Å². The highest BCUT2D eigenvalue weighted by molar-refractivity contribution is 5.79. The zero-order valence-electron chi connectivity index (χ0n) is 16.3. The summed E-state index contributed by atoms with van der Waals surface area (Å²) < 4.78 is 10.5. The number of hydrogen-bond donors (Lipinski definition) is 2. The lowest BCUT2D eigenvalue weighted by Crippen LogP contribution is -2.41. The Hall–Kier alpha value is -2.84. The number of fused-ring (bicyclic) bond motifs is 1. The lowest BCUT2D eigenvalue weighted by molar-refractivity contribution is -0.141. The predicted molar refractivity (Wildman–Crippen MR) is 99.3 cm³/mol. The topological polar surface area (TPSA) is 117 Å². The molecule has 148 valence electrons. The van der Waals surface area contributed by atoms with E-state index in [1.807, 2.05) is 6.92 Å². The number of carbonyl (C=O) groups is 2. The van der Waals surface area contributed by atoms with Crippen molar-refractivity contribution < 1.29 is 19.1 Å². The molecule has 2 N–H and O–H groups in total. The van der Waals surface area contributed by atoms with E-state index >= 15 is 0 Å². The third-order valence-electron chi connectivity index (χ3n) is 3.89. The summed E-state index contributed by atoms with van der Waals surface area (Å²) in [6, 6.07) is -0.404. The molecule has 0 fully saturated rings. The van der Waals surface area contributed by atoms with Crippen molar-refractivity contribution in [3.8, 4) is 0 Å². The maximum Gasteiger partial charge on any atom is 0.410 e. The van der Waals surface area contributed by atoms with Crippen molar-refractivity contribution in [2.45, 2.75) is 52.7 Å². The van der Waals surface area contributed by atoms with E-state index in [-0.39, 0.29) is 18.7 Å². The van der Waals surface area contributed by atoms with E-state index in [0.717, 1.165) is 0 Å². The monoisotopic (exact) mass is 378 g/mol.